The number of hydrogen-bond donors (Lipinski definition) is 3. The Balaban J connectivity index is 2.00. The molecule has 2 atom stereocenters. The number of piperidine rings is 1. The second kappa shape index (κ2) is 13.1. The van der Waals surface area contributed by atoms with Crippen molar-refractivity contribution in [3.63, 3.8) is 0 Å². The van der Waals surface area contributed by atoms with E-state index in [0.717, 1.165) is 19.4 Å². The van der Waals surface area contributed by atoms with Gasteiger partial charge in [-0.3, -0.25) is 14.5 Å². The lowest BCUT2D eigenvalue weighted by Crippen LogP contribution is -2.45. The van der Waals surface area contributed by atoms with Crippen LogP contribution in [0.5, 0.6) is 0 Å². The van der Waals surface area contributed by atoms with Crippen LogP contribution in [0.15, 0.2) is 18.2 Å². The van der Waals surface area contributed by atoms with Gasteiger partial charge in [-0.15, -0.1) is 0 Å². The zero-order valence-corrected chi connectivity index (χ0v) is 23.2. The van der Waals surface area contributed by atoms with Crippen LogP contribution in [0.25, 0.3) is 0 Å². The number of nitrogens with zero attached hydrogens (tertiary/aromatic N) is 1. The van der Waals surface area contributed by atoms with Crippen molar-refractivity contribution < 1.29 is 28.2 Å². The first-order valence-corrected chi connectivity index (χ1v) is 12.9. The zero-order chi connectivity index (χ0) is 27.8. The summed E-state index contributed by atoms with van der Waals surface area (Å²) in [6.07, 6.45) is 1.48. The van der Waals surface area contributed by atoms with E-state index in [2.05, 4.69) is 20.9 Å². The summed E-state index contributed by atoms with van der Waals surface area (Å²) in [6.45, 7) is 15.0. The molecule has 2 unspecified atom stereocenters. The molecule has 2 rings (SSSR count). The van der Waals surface area contributed by atoms with Gasteiger partial charge in [0.1, 0.15) is 24.1 Å². The molecule has 9 nitrogen and oxygen atoms in total. The Hall–Kier alpha value is -2.88. The molecular formula is C27H43FN4O5. The maximum absolute atomic E-state index is 14.1. The van der Waals surface area contributed by atoms with Crippen LogP contribution >= 0.6 is 0 Å². The van der Waals surface area contributed by atoms with Crippen molar-refractivity contribution in [1.82, 2.24) is 10.2 Å². The van der Waals surface area contributed by atoms with Crippen molar-refractivity contribution in [3.05, 3.63) is 24.0 Å². The fourth-order valence-electron chi connectivity index (χ4n) is 3.85. The number of halogens is 1. The van der Waals surface area contributed by atoms with Crippen molar-refractivity contribution in [1.29, 1.82) is 0 Å². The summed E-state index contributed by atoms with van der Waals surface area (Å²) in [6, 6.07) is 3.34. The average molecular weight is 523 g/mol. The van der Waals surface area contributed by atoms with Crippen molar-refractivity contribution in [2.24, 2.45) is 5.41 Å². The third kappa shape index (κ3) is 10.6. The Morgan fingerprint density at radius 1 is 1.14 bits per heavy atom. The number of rotatable bonds is 9. The molecule has 1 aromatic carbocycles. The highest BCUT2D eigenvalue weighted by Crippen LogP contribution is 2.26. The fraction of sp³-hybridized carbons (Fsp3) is 0.667. The van der Waals surface area contributed by atoms with E-state index in [1.165, 1.54) is 18.2 Å². The SMILES string of the molecule is CCC(NC(=O)OC(C)(C)C)C(=O)Nc1ccc(F)cc1NC1CCCN(CCOC(=O)C(C)(C)C)C1. The lowest BCUT2D eigenvalue weighted by atomic mass is 9.97. The average Bonchev–Trinajstić information content (AvgIpc) is 2.77. The number of hydrogen-bond acceptors (Lipinski definition) is 7. The molecule has 0 aromatic heterocycles. The number of amides is 2. The summed E-state index contributed by atoms with van der Waals surface area (Å²) in [5.74, 6) is -1.08. The normalized spacial score (nSPS) is 17.5. The number of benzene rings is 1. The number of likely N-dealkylation sites (tertiary alicyclic amines) is 1. The van der Waals surface area contributed by atoms with E-state index in [1.54, 1.807) is 27.7 Å². The topological polar surface area (TPSA) is 109 Å². The molecule has 0 spiro atoms. The van der Waals surface area contributed by atoms with Crippen molar-refractivity contribution in [3.8, 4) is 0 Å². The van der Waals surface area contributed by atoms with Crippen LogP contribution < -0.4 is 16.0 Å². The zero-order valence-electron chi connectivity index (χ0n) is 23.2. The van der Waals surface area contributed by atoms with E-state index in [1.807, 2.05) is 20.8 Å². The first-order chi connectivity index (χ1) is 17.2. The van der Waals surface area contributed by atoms with E-state index in [0.29, 0.717) is 37.5 Å². The Morgan fingerprint density at radius 3 is 2.46 bits per heavy atom. The molecule has 1 saturated heterocycles. The quantitative estimate of drug-likeness (QED) is 0.409. The van der Waals surface area contributed by atoms with Crippen LogP contribution in [0.1, 0.15) is 67.7 Å². The van der Waals surface area contributed by atoms with Gasteiger partial charge in [0.2, 0.25) is 5.91 Å². The van der Waals surface area contributed by atoms with Gasteiger partial charge in [0, 0.05) is 19.1 Å². The molecule has 3 N–H and O–H groups in total. The molecule has 1 heterocycles. The molecule has 10 heteroatoms. The lowest BCUT2D eigenvalue weighted by molar-refractivity contribution is -0.153. The number of esters is 1. The third-order valence-electron chi connectivity index (χ3n) is 5.77. The van der Waals surface area contributed by atoms with Gasteiger partial charge in [0.25, 0.3) is 0 Å². The first-order valence-electron chi connectivity index (χ1n) is 12.9. The van der Waals surface area contributed by atoms with Crippen LogP contribution in [0.4, 0.5) is 20.6 Å². The molecule has 1 aliphatic rings. The number of ether oxygens (including phenoxy) is 2. The van der Waals surface area contributed by atoms with E-state index in [9.17, 15) is 18.8 Å². The Kier molecular flexibility index (Phi) is 10.7. The maximum atomic E-state index is 14.1. The largest absolute Gasteiger partial charge is 0.464 e. The highest BCUT2D eigenvalue weighted by atomic mass is 19.1. The molecular weight excluding hydrogens is 479 g/mol. The van der Waals surface area contributed by atoms with Crippen molar-refractivity contribution in [2.45, 2.75) is 85.4 Å². The van der Waals surface area contributed by atoms with Gasteiger partial charge in [-0.2, -0.15) is 0 Å². The molecule has 37 heavy (non-hydrogen) atoms. The molecule has 1 aromatic rings. The van der Waals surface area contributed by atoms with Gasteiger partial charge >= 0.3 is 12.1 Å². The molecule has 208 valence electrons. The summed E-state index contributed by atoms with van der Waals surface area (Å²) >= 11 is 0. The first kappa shape index (κ1) is 30.3. The Morgan fingerprint density at radius 2 is 1.84 bits per heavy atom. The van der Waals surface area contributed by atoms with E-state index in [-0.39, 0.29) is 12.0 Å². The van der Waals surface area contributed by atoms with Crippen LogP contribution in [-0.4, -0.2) is 66.8 Å². The number of carbonyl (C=O) groups is 3. The highest BCUT2D eigenvalue weighted by Gasteiger charge is 2.26. The smallest absolute Gasteiger partial charge is 0.408 e. The van der Waals surface area contributed by atoms with Gasteiger partial charge in [-0.1, -0.05) is 6.92 Å². The highest BCUT2D eigenvalue weighted by molar-refractivity contribution is 5.99. The monoisotopic (exact) mass is 522 g/mol. The summed E-state index contributed by atoms with van der Waals surface area (Å²) in [5.41, 5.74) is -0.336. The van der Waals surface area contributed by atoms with E-state index in [4.69, 9.17) is 9.47 Å². The Bertz CT molecular complexity index is 942. The predicted molar refractivity (Wildman–Crippen MR) is 142 cm³/mol. The summed E-state index contributed by atoms with van der Waals surface area (Å²) in [5, 5.41) is 8.76. The molecule has 2 amide bonds. The van der Waals surface area contributed by atoms with Crippen LogP contribution in [-0.2, 0) is 19.1 Å². The predicted octanol–water partition coefficient (Wildman–Crippen LogP) is 4.53. The summed E-state index contributed by atoms with van der Waals surface area (Å²) in [4.78, 5) is 39.3. The van der Waals surface area contributed by atoms with Gasteiger partial charge in [-0.05, 0) is 85.5 Å². The summed E-state index contributed by atoms with van der Waals surface area (Å²) in [7, 11) is 0. The van der Waals surface area contributed by atoms with Crippen LogP contribution in [0, 0.1) is 11.2 Å². The number of nitrogens with one attached hydrogen (secondary N) is 3. The van der Waals surface area contributed by atoms with Crippen molar-refractivity contribution in [2.75, 3.05) is 36.9 Å². The molecule has 0 saturated carbocycles. The molecule has 0 radical (unpaired) electrons. The number of alkyl carbamates (subject to hydrolysis) is 1. The number of carbonyl (C=O) groups excluding carboxylic acids is 3. The minimum absolute atomic E-state index is 0.0198. The van der Waals surface area contributed by atoms with E-state index < -0.39 is 34.9 Å². The van der Waals surface area contributed by atoms with Crippen LogP contribution in [0.3, 0.4) is 0 Å². The molecule has 0 bridgehead atoms. The minimum atomic E-state index is -0.811. The van der Waals surface area contributed by atoms with Gasteiger partial charge in [-0.25, -0.2) is 9.18 Å². The summed E-state index contributed by atoms with van der Waals surface area (Å²) < 4.78 is 24.8. The van der Waals surface area contributed by atoms with Gasteiger partial charge < -0.3 is 25.4 Å². The third-order valence-corrected chi connectivity index (χ3v) is 5.77. The number of anilines is 2. The minimum Gasteiger partial charge on any atom is -0.464 e. The second-order valence-electron chi connectivity index (χ2n) is 11.5. The standard InChI is InChI=1S/C27H43FN4O5/c1-8-20(31-25(35)37-27(5,6)7)23(33)30-21-12-11-18(28)16-22(21)29-19-10-9-13-32(17-19)14-15-36-24(34)26(2,3)4/h11-12,16,19-20,29H,8-10,13-15,17H2,1-7H3,(H,30,33)(H,31,35). The van der Waals surface area contributed by atoms with Crippen LogP contribution in [0.2, 0.25) is 0 Å². The maximum Gasteiger partial charge on any atom is 0.408 e. The lowest BCUT2D eigenvalue weighted by Gasteiger charge is -2.34. The Labute approximate surface area is 219 Å². The second-order valence-corrected chi connectivity index (χ2v) is 11.5. The molecule has 1 fully saturated rings. The molecule has 1 aliphatic heterocycles. The van der Waals surface area contributed by atoms with E-state index >= 15 is 0 Å². The van der Waals surface area contributed by atoms with Gasteiger partial charge in [0.15, 0.2) is 0 Å². The molecule has 0 aliphatic carbocycles. The van der Waals surface area contributed by atoms with Gasteiger partial charge in [0.05, 0.1) is 16.8 Å². The van der Waals surface area contributed by atoms with Crippen molar-refractivity contribution >= 4 is 29.3 Å². The fourth-order valence-corrected chi connectivity index (χ4v) is 3.85.